The number of aryl methyl sites for hydroxylation is 1. The Bertz CT molecular complexity index is 1420. The van der Waals surface area contributed by atoms with Crippen LogP contribution < -0.4 is 0 Å². The van der Waals surface area contributed by atoms with Crippen LogP contribution >= 0.6 is 0 Å². The molecule has 3 heteroatoms. The SMILES string of the molecule is Cc1cc(-c2nccc3c(CC(C)(C)C)c(F)ccc23)c2oc3ccccc3c2c1. The van der Waals surface area contributed by atoms with E-state index in [0.29, 0.717) is 6.42 Å². The van der Waals surface area contributed by atoms with Crippen molar-refractivity contribution < 1.29 is 8.81 Å². The van der Waals surface area contributed by atoms with Crippen LogP contribution in [0, 0.1) is 18.2 Å². The highest BCUT2D eigenvalue weighted by atomic mass is 19.1. The molecule has 2 aromatic heterocycles. The fourth-order valence-corrected chi connectivity index (χ4v) is 4.36. The van der Waals surface area contributed by atoms with Crippen molar-refractivity contribution in [3.63, 3.8) is 0 Å². The Kier molecular flexibility index (Phi) is 4.18. The van der Waals surface area contributed by atoms with Gasteiger partial charge in [0.15, 0.2) is 0 Å². The number of pyridine rings is 1. The van der Waals surface area contributed by atoms with Gasteiger partial charge in [0.1, 0.15) is 17.0 Å². The lowest BCUT2D eigenvalue weighted by Gasteiger charge is -2.20. The van der Waals surface area contributed by atoms with Crippen molar-refractivity contribution in [1.82, 2.24) is 4.98 Å². The van der Waals surface area contributed by atoms with Gasteiger partial charge in [0.2, 0.25) is 0 Å². The summed E-state index contributed by atoms with van der Waals surface area (Å²) < 4.78 is 21.1. The molecule has 0 atom stereocenters. The number of furan rings is 1. The topological polar surface area (TPSA) is 26.0 Å². The molecule has 30 heavy (non-hydrogen) atoms. The van der Waals surface area contributed by atoms with Crippen molar-refractivity contribution in [3.05, 3.63) is 77.7 Å². The fraction of sp³-hybridized carbons (Fsp3) is 0.222. The van der Waals surface area contributed by atoms with E-state index < -0.39 is 0 Å². The molecule has 0 N–H and O–H groups in total. The van der Waals surface area contributed by atoms with Crippen LogP contribution in [0.1, 0.15) is 31.9 Å². The minimum absolute atomic E-state index is 0.0199. The van der Waals surface area contributed by atoms with E-state index in [0.717, 1.165) is 55.1 Å². The van der Waals surface area contributed by atoms with Crippen LogP contribution in [0.5, 0.6) is 0 Å². The zero-order chi connectivity index (χ0) is 21.0. The van der Waals surface area contributed by atoms with Gasteiger partial charge in [-0.25, -0.2) is 4.39 Å². The molecule has 0 aliphatic carbocycles. The summed E-state index contributed by atoms with van der Waals surface area (Å²) in [6, 6.07) is 17.7. The predicted molar refractivity (Wildman–Crippen MR) is 122 cm³/mol. The van der Waals surface area contributed by atoms with Gasteiger partial charge in [-0.3, -0.25) is 4.98 Å². The molecule has 2 nitrogen and oxygen atoms in total. The summed E-state index contributed by atoms with van der Waals surface area (Å²) in [6.07, 6.45) is 2.44. The average Bonchev–Trinajstić information content (AvgIpc) is 3.07. The maximum atomic E-state index is 14.8. The standard InChI is InChI=1S/C27H24FNO/c1-16-13-20-18-7-5-6-8-24(18)30-26(20)21(14-16)25-19-9-10-23(28)22(15-27(2,3)4)17(19)11-12-29-25/h5-14H,15H2,1-4H3. The lowest BCUT2D eigenvalue weighted by Crippen LogP contribution is -2.11. The normalized spacial score (nSPS) is 12.3. The molecule has 150 valence electrons. The molecule has 0 saturated carbocycles. The second-order valence-corrected chi connectivity index (χ2v) is 9.31. The minimum Gasteiger partial charge on any atom is -0.455 e. The van der Waals surface area contributed by atoms with Gasteiger partial charge in [-0.15, -0.1) is 0 Å². The van der Waals surface area contributed by atoms with E-state index in [4.69, 9.17) is 9.40 Å². The molecule has 0 spiro atoms. The zero-order valence-electron chi connectivity index (χ0n) is 17.7. The number of rotatable bonds is 2. The maximum Gasteiger partial charge on any atom is 0.144 e. The summed E-state index contributed by atoms with van der Waals surface area (Å²) in [4.78, 5) is 4.72. The molecule has 5 rings (SSSR count). The number of halogens is 1. The summed E-state index contributed by atoms with van der Waals surface area (Å²) in [5.74, 6) is -0.160. The van der Waals surface area contributed by atoms with E-state index in [9.17, 15) is 4.39 Å². The molecule has 0 radical (unpaired) electrons. The molecule has 5 aromatic rings. The third-order valence-corrected chi connectivity index (χ3v) is 5.58. The maximum absolute atomic E-state index is 14.8. The molecule has 0 saturated heterocycles. The molecular formula is C27H24FNO. The first-order valence-corrected chi connectivity index (χ1v) is 10.3. The highest BCUT2D eigenvalue weighted by Crippen LogP contribution is 2.39. The average molecular weight is 397 g/mol. The summed E-state index contributed by atoms with van der Waals surface area (Å²) in [5, 5.41) is 4.04. The van der Waals surface area contributed by atoms with E-state index in [1.165, 1.54) is 0 Å². The Balaban J connectivity index is 1.84. The first kappa shape index (κ1) is 18.8. The molecule has 2 heterocycles. The Labute approximate surface area is 175 Å². The fourth-order valence-electron chi connectivity index (χ4n) is 4.36. The van der Waals surface area contributed by atoms with Gasteiger partial charge in [-0.2, -0.15) is 0 Å². The third kappa shape index (κ3) is 3.06. The largest absolute Gasteiger partial charge is 0.455 e. The van der Waals surface area contributed by atoms with Gasteiger partial charge in [0, 0.05) is 27.9 Å². The van der Waals surface area contributed by atoms with Crippen LogP contribution in [0.2, 0.25) is 0 Å². The number of fused-ring (bicyclic) bond motifs is 4. The monoisotopic (exact) mass is 397 g/mol. The molecule has 0 aliphatic rings. The summed E-state index contributed by atoms with van der Waals surface area (Å²) in [6.45, 7) is 8.48. The number of hydrogen-bond acceptors (Lipinski definition) is 2. The van der Waals surface area contributed by atoms with Crippen molar-refractivity contribution >= 4 is 32.7 Å². The van der Waals surface area contributed by atoms with Crippen LogP contribution in [-0.4, -0.2) is 4.98 Å². The molecule has 0 bridgehead atoms. The number of nitrogens with zero attached hydrogens (tertiary/aromatic N) is 1. The van der Waals surface area contributed by atoms with E-state index >= 15 is 0 Å². The van der Waals surface area contributed by atoms with Crippen LogP contribution in [0.4, 0.5) is 4.39 Å². The molecule has 0 amide bonds. The van der Waals surface area contributed by atoms with E-state index in [1.807, 2.05) is 30.3 Å². The van der Waals surface area contributed by atoms with Gasteiger partial charge in [0.25, 0.3) is 0 Å². The number of aromatic nitrogens is 1. The lowest BCUT2D eigenvalue weighted by molar-refractivity contribution is 0.404. The summed E-state index contributed by atoms with van der Waals surface area (Å²) in [5.41, 5.74) is 5.32. The zero-order valence-corrected chi connectivity index (χ0v) is 17.7. The van der Waals surface area contributed by atoms with E-state index in [-0.39, 0.29) is 11.2 Å². The number of para-hydroxylation sites is 1. The summed E-state index contributed by atoms with van der Waals surface area (Å²) in [7, 11) is 0. The van der Waals surface area contributed by atoms with Gasteiger partial charge in [-0.1, -0.05) is 39.0 Å². The Hall–Kier alpha value is -3.20. The number of hydrogen-bond donors (Lipinski definition) is 0. The van der Waals surface area contributed by atoms with E-state index in [1.54, 1.807) is 12.3 Å². The molecule has 0 aliphatic heterocycles. The second kappa shape index (κ2) is 6.66. The van der Waals surface area contributed by atoms with Crippen LogP contribution in [0.15, 0.2) is 65.2 Å². The first-order chi connectivity index (χ1) is 14.3. The van der Waals surface area contributed by atoms with Crippen LogP contribution in [0.3, 0.4) is 0 Å². The van der Waals surface area contributed by atoms with Crippen molar-refractivity contribution in [2.75, 3.05) is 0 Å². The van der Waals surface area contributed by atoms with Crippen LogP contribution in [0.25, 0.3) is 44.0 Å². The van der Waals surface area contributed by atoms with Crippen molar-refractivity contribution in [3.8, 4) is 11.3 Å². The second-order valence-electron chi connectivity index (χ2n) is 9.31. The molecule has 0 fully saturated rings. The summed E-state index contributed by atoms with van der Waals surface area (Å²) >= 11 is 0. The van der Waals surface area contributed by atoms with Gasteiger partial charge < -0.3 is 4.42 Å². The smallest absolute Gasteiger partial charge is 0.144 e. The molecule has 3 aromatic carbocycles. The van der Waals surface area contributed by atoms with Crippen LogP contribution in [-0.2, 0) is 6.42 Å². The Morgan fingerprint density at radius 3 is 2.50 bits per heavy atom. The van der Waals surface area contributed by atoms with Crippen molar-refractivity contribution in [1.29, 1.82) is 0 Å². The Morgan fingerprint density at radius 1 is 0.900 bits per heavy atom. The van der Waals surface area contributed by atoms with Gasteiger partial charge in [0.05, 0.1) is 5.69 Å². The highest BCUT2D eigenvalue weighted by molar-refractivity contribution is 6.12. The third-order valence-electron chi connectivity index (χ3n) is 5.58. The highest BCUT2D eigenvalue weighted by Gasteiger charge is 2.20. The van der Waals surface area contributed by atoms with Crippen molar-refractivity contribution in [2.45, 2.75) is 34.1 Å². The molecule has 0 unspecified atom stereocenters. The minimum atomic E-state index is -0.160. The Morgan fingerprint density at radius 2 is 1.70 bits per heavy atom. The molecular weight excluding hydrogens is 373 g/mol. The number of benzene rings is 3. The lowest BCUT2D eigenvalue weighted by atomic mass is 9.85. The first-order valence-electron chi connectivity index (χ1n) is 10.3. The quantitative estimate of drug-likeness (QED) is 0.303. The van der Waals surface area contributed by atoms with Gasteiger partial charge in [-0.05, 0) is 71.7 Å². The van der Waals surface area contributed by atoms with Gasteiger partial charge >= 0.3 is 0 Å². The van der Waals surface area contributed by atoms with Crippen molar-refractivity contribution in [2.24, 2.45) is 5.41 Å². The van der Waals surface area contributed by atoms with E-state index in [2.05, 4.69) is 45.9 Å². The predicted octanol–water partition coefficient (Wildman–Crippen LogP) is 7.84.